The van der Waals surface area contributed by atoms with Gasteiger partial charge >= 0.3 is 6.09 Å². The van der Waals surface area contributed by atoms with Gasteiger partial charge in [-0.2, -0.15) is 0 Å². The molecule has 23 heavy (non-hydrogen) atoms. The molecule has 0 spiro atoms. The second kappa shape index (κ2) is 6.84. The van der Waals surface area contributed by atoms with Crippen LogP contribution in [0.25, 0.3) is 0 Å². The Labute approximate surface area is 136 Å². The minimum atomic E-state index is -1.04. The number of aliphatic hydroxyl groups is 1. The molecule has 0 aromatic heterocycles. The number of benzene rings is 1. The summed E-state index contributed by atoms with van der Waals surface area (Å²) in [5.41, 5.74) is 0.585. The molecule has 5 nitrogen and oxygen atoms in total. The molecule has 1 aliphatic rings. The van der Waals surface area contributed by atoms with Crippen molar-refractivity contribution in [2.24, 2.45) is 0 Å². The fourth-order valence-corrected chi connectivity index (χ4v) is 2.57. The Hall–Kier alpha value is -1.66. The lowest BCUT2D eigenvalue weighted by atomic mass is 9.96. The number of amides is 1. The Balaban J connectivity index is 2.23. The number of carbonyl (C=O) groups is 1. The first-order chi connectivity index (χ1) is 10.7. The minimum absolute atomic E-state index is 0.177. The van der Waals surface area contributed by atoms with E-state index in [0.717, 1.165) is 5.56 Å². The fourth-order valence-electron chi connectivity index (χ4n) is 2.57. The molecule has 128 valence electrons. The third-order valence-electron chi connectivity index (χ3n) is 3.72. The zero-order valence-electron chi connectivity index (χ0n) is 14.0. The maximum atomic E-state index is 13.5. The molecule has 0 aliphatic carbocycles. The van der Waals surface area contributed by atoms with Gasteiger partial charge in [0.1, 0.15) is 17.5 Å². The summed E-state index contributed by atoms with van der Waals surface area (Å²) in [5, 5.41) is 10.7. The molecule has 1 heterocycles. The number of aliphatic hydroxyl groups excluding tert-OH is 1. The van der Waals surface area contributed by atoms with Crippen LogP contribution in [0.4, 0.5) is 9.18 Å². The van der Waals surface area contributed by atoms with Crippen LogP contribution >= 0.6 is 0 Å². The Bertz CT molecular complexity index is 570. The third-order valence-corrected chi connectivity index (χ3v) is 3.72. The van der Waals surface area contributed by atoms with Crippen LogP contribution in [-0.2, 0) is 9.47 Å². The third kappa shape index (κ3) is 4.42. The normalized spacial score (nSPS) is 20.3. The maximum Gasteiger partial charge on any atom is 0.410 e. The first-order valence-corrected chi connectivity index (χ1v) is 7.70. The van der Waals surface area contributed by atoms with Crippen LogP contribution < -0.4 is 0 Å². The molecular formula is C17H24FNO4. The number of aryl methyl sites for hydroxylation is 1. The largest absolute Gasteiger partial charge is 0.444 e. The number of carbonyl (C=O) groups excluding carboxylic acids is 1. The van der Waals surface area contributed by atoms with Crippen molar-refractivity contribution in [3.05, 3.63) is 35.1 Å². The maximum absolute atomic E-state index is 13.5. The number of hydrogen-bond acceptors (Lipinski definition) is 4. The van der Waals surface area contributed by atoms with Gasteiger partial charge in [-0.3, -0.25) is 4.90 Å². The predicted octanol–water partition coefficient (Wildman–Crippen LogP) is 2.80. The van der Waals surface area contributed by atoms with E-state index in [0.29, 0.717) is 18.7 Å². The van der Waals surface area contributed by atoms with E-state index >= 15 is 0 Å². The van der Waals surface area contributed by atoms with Crippen LogP contribution in [0.1, 0.15) is 38.0 Å². The molecule has 1 aromatic rings. The molecule has 1 aliphatic heterocycles. The second-order valence-electron chi connectivity index (χ2n) is 6.76. The summed E-state index contributed by atoms with van der Waals surface area (Å²) in [7, 11) is 0. The Morgan fingerprint density at radius 1 is 1.48 bits per heavy atom. The number of halogens is 1. The number of hydrogen-bond donors (Lipinski definition) is 1. The summed E-state index contributed by atoms with van der Waals surface area (Å²) >= 11 is 0. The summed E-state index contributed by atoms with van der Waals surface area (Å²) in [6.45, 7) is 8.03. The second-order valence-corrected chi connectivity index (χ2v) is 6.76. The zero-order chi connectivity index (χ0) is 17.2. The molecule has 1 N–H and O–H groups in total. The number of nitrogens with zero attached hydrogens (tertiary/aromatic N) is 1. The molecule has 0 saturated carbocycles. The Morgan fingerprint density at radius 3 is 2.83 bits per heavy atom. The van der Waals surface area contributed by atoms with Crippen molar-refractivity contribution >= 4 is 6.09 Å². The van der Waals surface area contributed by atoms with Crippen molar-refractivity contribution < 1.29 is 23.8 Å². The summed E-state index contributed by atoms with van der Waals surface area (Å²) < 4.78 is 24.3. The average Bonchev–Trinajstić information content (AvgIpc) is 2.47. The predicted molar refractivity (Wildman–Crippen MR) is 83.6 cm³/mol. The van der Waals surface area contributed by atoms with Crippen LogP contribution in [0.3, 0.4) is 0 Å². The molecule has 1 saturated heterocycles. The van der Waals surface area contributed by atoms with Crippen molar-refractivity contribution in [1.29, 1.82) is 0 Å². The van der Waals surface area contributed by atoms with E-state index in [-0.39, 0.29) is 6.61 Å². The van der Waals surface area contributed by atoms with E-state index in [1.54, 1.807) is 33.8 Å². The van der Waals surface area contributed by atoms with Gasteiger partial charge in [0.15, 0.2) is 0 Å². The van der Waals surface area contributed by atoms with Crippen LogP contribution in [0.15, 0.2) is 18.2 Å². The number of ether oxygens (including phenoxy) is 2. The molecule has 1 fully saturated rings. The number of morpholine rings is 1. The molecule has 6 heteroatoms. The van der Waals surface area contributed by atoms with Crippen molar-refractivity contribution in [1.82, 2.24) is 4.90 Å². The highest BCUT2D eigenvalue weighted by atomic mass is 19.1. The van der Waals surface area contributed by atoms with Crippen molar-refractivity contribution in [3.8, 4) is 0 Å². The SMILES string of the molecule is Cc1ccc(F)cc1C(O)C1COCCN1C(=O)OC(C)(C)C. The zero-order valence-corrected chi connectivity index (χ0v) is 14.0. The molecular weight excluding hydrogens is 301 g/mol. The van der Waals surface area contributed by atoms with Gasteiger partial charge in [-0.1, -0.05) is 6.07 Å². The van der Waals surface area contributed by atoms with Gasteiger partial charge < -0.3 is 14.6 Å². The van der Waals surface area contributed by atoms with E-state index in [9.17, 15) is 14.3 Å². The summed E-state index contributed by atoms with van der Waals surface area (Å²) in [6.07, 6.45) is -1.54. The van der Waals surface area contributed by atoms with Crippen molar-refractivity contribution in [3.63, 3.8) is 0 Å². The number of rotatable bonds is 2. The van der Waals surface area contributed by atoms with Gasteiger partial charge in [-0.25, -0.2) is 9.18 Å². The molecule has 1 aromatic carbocycles. The van der Waals surface area contributed by atoms with E-state index in [1.807, 2.05) is 0 Å². The van der Waals surface area contributed by atoms with E-state index < -0.39 is 29.7 Å². The average molecular weight is 325 g/mol. The molecule has 2 rings (SSSR count). The lowest BCUT2D eigenvalue weighted by Gasteiger charge is -2.39. The highest BCUT2D eigenvalue weighted by Gasteiger charge is 2.36. The van der Waals surface area contributed by atoms with Gasteiger partial charge in [0.05, 0.1) is 19.3 Å². The van der Waals surface area contributed by atoms with Crippen LogP contribution in [0.2, 0.25) is 0 Å². The molecule has 0 bridgehead atoms. The first-order valence-electron chi connectivity index (χ1n) is 7.70. The quantitative estimate of drug-likeness (QED) is 0.908. The highest BCUT2D eigenvalue weighted by molar-refractivity contribution is 5.69. The van der Waals surface area contributed by atoms with E-state index in [4.69, 9.17) is 9.47 Å². The molecule has 1 amide bonds. The first kappa shape index (κ1) is 17.7. The van der Waals surface area contributed by atoms with E-state index in [1.165, 1.54) is 17.0 Å². The van der Waals surface area contributed by atoms with E-state index in [2.05, 4.69) is 0 Å². The smallest absolute Gasteiger partial charge is 0.410 e. The van der Waals surface area contributed by atoms with Crippen LogP contribution in [-0.4, -0.2) is 47.5 Å². The van der Waals surface area contributed by atoms with Crippen molar-refractivity contribution in [2.45, 2.75) is 45.4 Å². The van der Waals surface area contributed by atoms with Crippen LogP contribution in [0, 0.1) is 12.7 Å². The fraction of sp³-hybridized carbons (Fsp3) is 0.588. The van der Waals surface area contributed by atoms with Gasteiger partial charge in [0.2, 0.25) is 0 Å². The standard InChI is InChI=1S/C17H24FNO4/c1-11-5-6-12(18)9-13(11)15(20)14-10-22-8-7-19(14)16(21)23-17(2,3)4/h5-6,9,14-15,20H,7-8,10H2,1-4H3. The van der Waals surface area contributed by atoms with Gasteiger partial charge in [-0.05, 0) is 51.0 Å². The molecule has 2 atom stereocenters. The molecule has 2 unspecified atom stereocenters. The van der Waals surface area contributed by atoms with Crippen LogP contribution in [0.5, 0.6) is 0 Å². The summed E-state index contributed by atoms with van der Waals surface area (Å²) in [4.78, 5) is 13.8. The van der Waals surface area contributed by atoms with Gasteiger partial charge in [0.25, 0.3) is 0 Å². The summed E-state index contributed by atoms with van der Waals surface area (Å²) in [6, 6.07) is 3.63. The summed E-state index contributed by atoms with van der Waals surface area (Å²) in [5.74, 6) is -0.426. The Morgan fingerprint density at radius 2 is 2.17 bits per heavy atom. The van der Waals surface area contributed by atoms with Gasteiger partial charge in [-0.15, -0.1) is 0 Å². The lowest BCUT2D eigenvalue weighted by Crippen LogP contribution is -2.52. The monoisotopic (exact) mass is 325 g/mol. The minimum Gasteiger partial charge on any atom is -0.444 e. The highest BCUT2D eigenvalue weighted by Crippen LogP contribution is 2.28. The van der Waals surface area contributed by atoms with Gasteiger partial charge in [0, 0.05) is 6.54 Å². The molecule has 0 radical (unpaired) electrons. The topological polar surface area (TPSA) is 59.0 Å². The lowest BCUT2D eigenvalue weighted by molar-refractivity contribution is -0.0674. The van der Waals surface area contributed by atoms with Crippen molar-refractivity contribution in [2.75, 3.05) is 19.8 Å². The Kier molecular flexibility index (Phi) is 5.26.